The summed E-state index contributed by atoms with van der Waals surface area (Å²) in [6, 6.07) is 1.98. The van der Waals surface area contributed by atoms with E-state index in [2.05, 4.69) is 15.3 Å². The quantitative estimate of drug-likeness (QED) is 0.933. The third-order valence-corrected chi connectivity index (χ3v) is 4.20. The average molecular weight is 276 g/mol. The van der Waals surface area contributed by atoms with Gasteiger partial charge in [-0.25, -0.2) is 9.97 Å². The minimum absolute atomic E-state index is 0.154. The van der Waals surface area contributed by atoms with Crippen LogP contribution in [0.4, 0.5) is 5.82 Å². The van der Waals surface area contributed by atoms with Gasteiger partial charge in [0.05, 0.1) is 11.9 Å². The number of piperidine rings is 1. The Morgan fingerprint density at radius 1 is 1.32 bits per heavy atom. The van der Waals surface area contributed by atoms with Gasteiger partial charge in [0.25, 0.3) is 0 Å². The van der Waals surface area contributed by atoms with Gasteiger partial charge in [0.15, 0.2) is 0 Å². The Balaban J connectivity index is 1.65. The molecule has 2 aromatic heterocycles. The van der Waals surface area contributed by atoms with Crippen molar-refractivity contribution in [1.29, 1.82) is 0 Å². The molecule has 1 fully saturated rings. The highest BCUT2D eigenvalue weighted by Gasteiger charge is 2.16. The van der Waals surface area contributed by atoms with E-state index in [1.54, 1.807) is 11.3 Å². The van der Waals surface area contributed by atoms with Gasteiger partial charge in [0.1, 0.15) is 17.0 Å². The number of carbonyl (C=O) groups is 1. The maximum Gasteiger partial charge on any atom is 0.241 e. The van der Waals surface area contributed by atoms with E-state index in [1.807, 2.05) is 16.3 Å². The number of hydrogen-bond donors (Lipinski definition) is 1. The number of fused-ring (bicyclic) bond motifs is 1. The molecule has 6 heteroatoms. The van der Waals surface area contributed by atoms with Crippen LogP contribution in [-0.2, 0) is 4.79 Å². The molecule has 3 rings (SSSR count). The number of nitrogens with zero attached hydrogens (tertiary/aromatic N) is 3. The first kappa shape index (κ1) is 12.3. The molecule has 100 valence electrons. The Kier molecular flexibility index (Phi) is 3.59. The molecule has 0 unspecified atom stereocenters. The SMILES string of the molecule is O=C(CNc1ncnc2sccc12)N1CCCCC1. The van der Waals surface area contributed by atoms with Gasteiger partial charge in [-0.1, -0.05) is 0 Å². The van der Waals surface area contributed by atoms with Crippen LogP contribution in [0.2, 0.25) is 0 Å². The summed E-state index contributed by atoms with van der Waals surface area (Å²) in [4.78, 5) is 23.3. The van der Waals surface area contributed by atoms with Crippen molar-refractivity contribution in [3.63, 3.8) is 0 Å². The molecule has 0 saturated carbocycles. The van der Waals surface area contributed by atoms with Gasteiger partial charge < -0.3 is 10.2 Å². The van der Waals surface area contributed by atoms with Crippen LogP contribution in [0.3, 0.4) is 0 Å². The summed E-state index contributed by atoms with van der Waals surface area (Å²) in [5.74, 6) is 0.901. The van der Waals surface area contributed by atoms with Crippen molar-refractivity contribution in [3.05, 3.63) is 17.8 Å². The summed E-state index contributed by atoms with van der Waals surface area (Å²) in [5, 5.41) is 6.10. The predicted octanol–water partition coefficient (Wildman–Crippen LogP) is 2.12. The van der Waals surface area contributed by atoms with E-state index in [9.17, 15) is 4.79 Å². The Morgan fingerprint density at radius 2 is 2.16 bits per heavy atom. The van der Waals surface area contributed by atoms with Crippen molar-refractivity contribution in [2.75, 3.05) is 25.0 Å². The highest BCUT2D eigenvalue weighted by atomic mass is 32.1. The van der Waals surface area contributed by atoms with Crippen molar-refractivity contribution in [2.45, 2.75) is 19.3 Å². The average Bonchev–Trinajstić information content (AvgIpc) is 2.94. The van der Waals surface area contributed by atoms with E-state index in [-0.39, 0.29) is 5.91 Å². The van der Waals surface area contributed by atoms with E-state index >= 15 is 0 Å². The Labute approximate surface area is 115 Å². The van der Waals surface area contributed by atoms with Crippen molar-refractivity contribution >= 4 is 33.3 Å². The standard InChI is InChI=1S/C13H16N4OS/c18-11(17-5-2-1-3-6-17)8-14-12-10-4-7-19-13(10)16-9-15-12/h4,7,9H,1-3,5-6,8H2,(H,14,15,16). The fraction of sp³-hybridized carbons (Fsp3) is 0.462. The minimum Gasteiger partial charge on any atom is -0.360 e. The van der Waals surface area contributed by atoms with Gasteiger partial charge in [-0.05, 0) is 30.7 Å². The van der Waals surface area contributed by atoms with Crippen molar-refractivity contribution in [3.8, 4) is 0 Å². The Hall–Kier alpha value is -1.69. The van der Waals surface area contributed by atoms with E-state index in [4.69, 9.17) is 0 Å². The molecular formula is C13H16N4OS. The molecule has 0 aromatic carbocycles. The molecule has 5 nitrogen and oxygen atoms in total. The number of thiophene rings is 1. The molecule has 0 atom stereocenters. The number of hydrogen-bond acceptors (Lipinski definition) is 5. The molecule has 1 aliphatic rings. The lowest BCUT2D eigenvalue weighted by atomic mass is 10.1. The fourth-order valence-corrected chi connectivity index (χ4v) is 3.08. The van der Waals surface area contributed by atoms with Crippen molar-refractivity contribution in [2.24, 2.45) is 0 Å². The smallest absolute Gasteiger partial charge is 0.241 e. The second-order valence-corrected chi connectivity index (χ2v) is 5.55. The lowest BCUT2D eigenvalue weighted by Crippen LogP contribution is -2.39. The molecule has 0 bridgehead atoms. The summed E-state index contributed by atoms with van der Waals surface area (Å²) in [5.41, 5.74) is 0. The monoisotopic (exact) mass is 276 g/mol. The Morgan fingerprint density at radius 3 is 3.00 bits per heavy atom. The van der Waals surface area contributed by atoms with Gasteiger partial charge in [0, 0.05) is 13.1 Å². The highest BCUT2D eigenvalue weighted by Crippen LogP contribution is 2.23. The van der Waals surface area contributed by atoms with Crippen LogP contribution in [0.25, 0.3) is 10.2 Å². The molecule has 0 spiro atoms. The molecule has 19 heavy (non-hydrogen) atoms. The number of aromatic nitrogens is 2. The molecule has 3 heterocycles. The molecule has 1 saturated heterocycles. The van der Waals surface area contributed by atoms with Crippen LogP contribution in [0.1, 0.15) is 19.3 Å². The second kappa shape index (κ2) is 5.52. The van der Waals surface area contributed by atoms with Gasteiger partial charge in [-0.3, -0.25) is 4.79 Å². The number of nitrogens with one attached hydrogen (secondary N) is 1. The number of rotatable bonds is 3. The lowest BCUT2D eigenvalue weighted by Gasteiger charge is -2.26. The minimum atomic E-state index is 0.154. The number of carbonyl (C=O) groups excluding carboxylic acids is 1. The van der Waals surface area contributed by atoms with Gasteiger partial charge in [-0.2, -0.15) is 0 Å². The van der Waals surface area contributed by atoms with Crippen molar-refractivity contribution < 1.29 is 4.79 Å². The molecule has 1 N–H and O–H groups in total. The lowest BCUT2D eigenvalue weighted by molar-refractivity contribution is -0.130. The normalized spacial score (nSPS) is 15.7. The van der Waals surface area contributed by atoms with Gasteiger partial charge >= 0.3 is 0 Å². The first-order valence-electron chi connectivity index (χ1n) is 6.54. The maximum absolute atomic E-state index is 12.1. The molecule has 2 aromatic rings. The number of anilines is 1. The van der Waals surface area contributed by atoms with Crippen LogP contribution < -0.4 is 5.32 Å². The molecule has 1 aliphatic heterocycles. The van der Waals surface area contributed by atoms with E-state index in [1.165, 1.54) is 12.7 Å². The van der Waals surface area contributed by atoms with Crippen molar-refractivity contribution in [1.82, 2.24) is 14.9 Å². The predicted molar refractivity (Wildman–Crippen MR) is 76.3 cm³/mol. The number of likely N-dealkylation sites (tertiary alicyclic amines) is 1. The summed E-state index contributed by atoms with van der Waals surface area (Å²) in [6.45, 7) is 2.08. The zero-order chi connectivity index (χ0) is 13.1. The summed E-state index contributed by atoms with van der Waals surface area (Å²) in [7, 11) is 0. The van der Waals surface area contributed by atoms with E-state index < -0.39 is 0 Å². The van der Waals surface area contributed by atoms with E-state index in [0.717, 1.165) is 42.0 Å². The van der Waals surface area contributed by atoms with Crippen LogP contribution >= 0.6 is 11.3 Å². The molecule has 0 aliphatic carbocycles. The largest absolute Gasteiger partial charge is 0.360 e. The summed E-state index contributed by atoms with van der Waals surface area (Å²) < 4.78 is 0. The Bertz CT molecular complexity index is 577. The zero-order valence-corrected chi connectivity index (χ0v) is 11.4. The van der Waals surface area contributed by atoms with Crippen LogP contribution in [0.5, 0.6) is 0 Å². The fourth-order valence-electron chi connectivity index (χ4n) is 2.35. The molecular weight excluding hydrogens is 260 g/mol. The van der Waals surface area contributed by atoms with Crippen LogP contribution in [0.15, 0.2) is 17.8 Å². The third kappa shape index (κ3) is 2.68. The van der Waals surface area contributed by atoms with Crippen LogP contribution in [-0.4, -0.2) is 40.4 Å². The summed E-state index contributed by atoms with van der Waals surface area (Å²) >= 11 is 1.58. The first-order chi connectivity index (χ1) is 9.34. The maximum atomic E-state index is 12.1. The van der Waals surface area contributed by atoms with E-state index in [0.29, 0.717) is 6.54 Å². The topological polar surface area (TPSA) is 58.1 Å². The van der Waals surface area contributed by atoms with Crippen LogP contribution in [0, 0.1) is 0 Å². The van der Waals surface area contributed by atoms with Gasteiger partial charge in [0.2, 0.25) is 5.91 Å². The van der Waals surface area contributed by atoms with Gasteiger partial charge in [-0.15, -0.1) is 11.3 Å². The second-order valence-electron chi connectivity index (χ2n) is 4.66. The highest BCUT2D eigenvalue weighted by molar-refractivity contribution is 7.16. The molecule has 1 amide bonds. The zero-order valence-electron chi connectivity index (χ0n) is 10.6. The number of amides is 1. The third-order valence-electron chi connectivity index (χ3n) is 3.38. The summed E-state index contributed by atoms with van der Waals surface area (Å²) in [6.07, 6.45) is 5.01. The first-order valence-corrected chi connectivity index (χ1v) is 7.42. The molecule has 0 radical (unpaired) electrons.